The van der Waals surface area contributed by atoms with E-state index in [0.29, 0.717) is 18.6 Å². The van der Waals surface area contributed by atoms with Crippen molar-refractivity contribution in [3.63, 3.8) is 0 Å². The number of carbonyl (C=O) groups excluding carboxylic acids is 1. The van der Waals surface area contributed by atoms with E-state index >= 15 is 0 Å². The number of amides is 1. The zero-order valence-electron chi connectivity index (χ0n) is 13.4. The molecule has 120 valence electrons. The maximum atomic E-state index is 12.0. The molecule has 1 atom stereocenters. The Balaban J connectivity index is 1.51. The summed E-state index contributed by atoms with van der Waals surface area (Å²) in [5.74, 6) is 2.80. The summed E-state index contributed by atoms with van der Waals surface area (Å²) < 4.78 is 10.2. The van der Waals surface area contributed by atoms with Gasteiger partial charge in [0, 0.05) is 13.2 Å². The molecule has 0 saturated heterocycles. The van der Waals surface area contributed by atoms with Crippen molar-refractivity contribution in [2.24, 2.45) is 23.2 Å². The van der Waals surface area contributed by atoms with Crippen LogP contribution in [-0.4, -0.2) is 38.9 Å². The Labute approximate surface area is 127 Å². The molecule has 21 heavy (non-hydrogen) atoms. The molecular formula is C17H29NO3. The van der Waals surface area contributed by atoms with Crippen molar-refractivity contribution in [3.05, 3.63) is 0 Å². The van der Waals surface area contributed by atoms with Gasteiger partial charge < -0.3 is 14.8 Å². The molecule has 1 unspecified atom stereocenters. The van der Waals surface area contributed by atoms with Crippen molar-refractivity contribution in [1.82, 2.24) is 5.32 Å². The summed E-state index contributed by atoms with van der Waals surface area (Å²) in [5, 5.41) is 3.21. The summed E-state index contributed by atoms with van der Waals surface area (Å²) >= 11 is 0. The summed E-state index contributed by atoms with van der Waals surface area (Å²) in [5.41, 5.74) is 0.372. The monoisotopic (exact) mass is 295 g/mol. The lowest BCUT2D eigenvalue weighted by molar-refractivity contribution is -0.130. The third kappa shape index (κ3) is 3.26. The van der Waals surface area contributed by atoms with E-state index in [1.165, 1.54) is 38.5 Å². The highest BCUT2D eigenvalue weighted by Gasteiger charge is 2.53. The lowest BCUT2D eigenvalue weighted by Gasteiger charge is -2.59. The molecule has 0 aliphatic heterocycles. The average Bonchev–Trinajstić information content (AvgIpc) is 2.42. The fourth-order valence-corrected chi connectivity index (χ4v) is 5.45. The van der Waals surface area contributed by atoms with E-state index in [1.54, 1.807) is 7.11 Å². The van der Waals surface area contributed by atoms with Gasteiger partial charge in [-0.1, -0.05) is 0 Å². The molecular weight excluding hydrogens is 266 g/mol. The van der Waals surface area contributed by atoms with Gasteiger partial charge >= 0.3 is 0 Å². The molecule has 0 aromatic heterocycles. The molecule has 4 aliphatic carbocycles. The Hall–Kier alpha value is -0.610. The maximum Gasteiger partial charge on any atom is 0.246 e. The van der Waals surface area contributed by atoms with Gasteiger partial charge in [0.2, 0.25) is 5.91 Å². The van der Waals surface area contributed by atoms with Gasteiger partial charge in [-0.2, -0.15) is 0 Å². The minimum Gasteiger partial charge on any atom is -0.382 e. The zero-order valence-corrected chi connectivity index (χ0v) is 13.4. The minimum absolute atomic E-state index is 0.0225. The fraction of sp³-hybridized carbons (Fsp3) is 0.941. The van der Waals surface area contributed by atoms with E-state index in [-0.39, 0.29) is 18.6 Å². The number of ether oxygens (including phenoxy) is 2. The third-order valence-corrected chi connectivity index (χ3v) is 6.05. The SMILES string of the molecule is COCCOCC(=O)NC(C)C12CC3CC(CC(C3)C1)C2. The van der Waals surface area contributed by atoms with Gasteiger partial charge in [0.15, 0.2) is 0 Å². The maximum absolute atomic E-state index is 12.0. The summed E-state index contributed by atoms with van der Waals surface area (Å²) in [6.07, 6.45) is 8.31. The van der Waals surface area contributed by atoms with Gasteiger partial charge in [-0.25, -0.2) is 0 Å². The van der Waals surface area contributed by atoms with Crippen LogP contribution in [0.15, 0.2) is 0 Å². The van der Waals surface area contributed by atoms with Crippen molar-refractivity contribution < 1.29 is 14.3 Å². The summed E-state index contributed by atoms with van der Waals surface area (Å²) in [4.78, 5) is 12.0. The molecule has 4 saturated carbocycles. The number of methoxy groups -OCH3 is 1. The zero-order chi connectivity index (χ0) is 14.9. The van der Waals surface area contributed by atoms with Gasteiger partial charge in [-0.15, -0.1) is 0 Å². The van der Waals surface area contributed by atoms with E-state index in [1.807, 2.05) is 0 Å². The van der Waals surface area contributed by atoms with Crippen LogP contribution in [0.2, 0.25) is 0 Å². The molecule has 4 heteroatoms. The van der Waals surface area contributed by atoms with Gasteiger partial charge in [0.25, 0.3) is 0 Å². The van der Waals surface area contributed by atoms with E-state index < -0.39 is 0 Å². The molecule has 0 aromatic carbocycles. The number of hydrogen-bond donors (Lipinski definition) is 1. The second kappa shape index (κ2) is 6.25. The molecule has 4 nitrogen and oxygen atoms in total. The number of hydrogen-bond acceptors (Lipinski definition) is 3. The van der Waals surface area contributed by atoms with Crippen molar-refractivity contribution in [2.75, 3.05) is 26.9 Å². The van der Waals surface area contributed by atoms with Crippen LogP contribution in [0.5, 0.6) is 0 Å². The Morgan fingerprint density at radius 3 is 2.24 bits per heavy atom. The van der Waals surface area contributed by atoms with Gasteiger partial charge in [0.1, 0.15) is 6.61 Å². The van der Waals surface area contributed by atoms with Gasteiger partial charge in [-0.3, -0.25) is 4.79 Å². The second-order valence-corrected chi connectivity index (χ2v) is 7.61. The first-order valence-corrected chi connectivity index (χ1v) is 8.47. The van der Waals surface area contributed by atoms with Crippen LogP contribution in [0.25, 0.3) is 0 Å². The molecule has 4 bridgehead atoms. The van der Waals surface area contributed by atoms with Crippen LogP contribution in [0.1, 0.15) is 45.4 Å². The van der Waals surface area contributed by atoms with E-state index in [9.17, 15) is 4.79 Å². The van der Waals surface area contributed by atoms with Crippen molar-refractivity contribution in [2.45, 2.75) is 51.5 Å². The van der Waals surface area contributed by atoms with Crippen LogP contribution in [0.4, 0.5) is 0 Å². The van der Waals surface area contributed by atoms with Crippen LogP contribution in [0, 0.1) is 23.2 Å². The average molecular weight is 295 g/mol. The first-order valence-electron chi connectivity index (χ1n) is 8.47. The van der Waals surface area contributed by atoms with Crippen LogP contribution >= 0.6 is 0 Å². The van der Waals surface area contributed by atoms with Crippen molar-refractivity contribution in [3.8, 4) is 0 Å². The molecule has 0 spiro atoms. The normalized spacial score (nSPS) is 38.5. The highest BCUT2D eigenvalue weighted by molar-refractivity contribution is 5.77. The van der Waals surface area contributed by atoms with E-state index in [0.717, 1.165) is 17.8 Å². The number of carbonyl (C=O) groups is 1. The quantitative estimate of drug-likeness (QED) is 0.734. The highest BCUT2D eigenvalue weighted by Crippen LogP contribution is 2.61. The van der Waals surface area contributed by atoms with Crippen LogP contribution < -0.4 is 5.32 Å². The van der Waals surface area contributed by atoms with E-state index in [4.69, 9.17) is 9.47 Å². The minimum atomic E-state index is 0.0225. The largest absolute Gasteiger partial charge is 0.382 e. The first kappa shape index (κ1) is 15.3. The summed E-state index contributed by atoms with van der Waals surface area (Å²) in [6.45, 7) is 3.38. The van der Waals surface area contributed by atoms with Gasteiger partial charge in [-0.05, 0) is 68.6 Å². The Kier molecular flexibility index (Phi) is 4.55. The topological polar surface area (TPSA) is 47.6 Å². The molecule has 1 amide bonds. The highest BCUT2D eigenvalue weighted by atomic mass is 16.5. The van der Waals surface area contributed by atoms with Crippen LogP contribution in [0.3, 0.4) is 0 Å². The lowest BCUT2D eigenvalue weighted by Crippen LogP contribution is -2.56. The summed E-state index contributed by atoms with van der Waals surface area (Å²) in [6, 6.07) is 0.282. The summed E-state index contributed by atoms with van der Waals surface area (Å²) in [7, 11) is 1.64. The number of nitrogens with one attached hydrogen (secondary N) is 1. The van der Waals surface area contributed by atoms with Gasteiger partial charge in [0.05, 0.1) is 13.2 Å². The number of rotatable bonds is 7. The van der Waals surface area contributed by atoms with Crippen LogP contribution in [-0.2, 0) is 14.3 Å². The molecule has 0 radical (unpaired) electrons. The fourth-order valence-electron chi connectivity index (χ4n) is 5.45. The predicted molar refractivity (Wildman–Crippen MR) is 80.9 cm³/mol. The predicted octanol–water partition coefficient (Wildman–Crippen LogP) is 2.37. The molecule has 4 fully saturated rings. The Bertz CT molecular complexity index is 347. The molecule has 4 aliphatic rings. The third-order valence-electron chi connectivity index (χ3n) is 6.05. The first-order chi connectivity index (χ1) is 10.1. The van der Waals surface area contributed by atoms with E-state index in [2.05, 4.69) is 12.2 Å². The standard InChI is InChI=1S/C17H29NO3/c1-12(18-16(19)11-21-4-3-20-2)17-8-13-5-14(9-17)7-15(6-13)10-17/h12-15H,3-11H2,1-2H3,(H,18,19). The molecule has 1 N–H and O–H groups in total. The Morgan fingerprint density at radius 2 is 1.71 bits per heavy atom. The molecule has 4 rings (SSSR count). The van der Waals surface area contributed by atoms with Crippen molar-refractivity contribution in [1.29, 1.82) is 0 Å². The lowest BCUT2D eigenvalue weighted by atomic mass is 9.48. The molecule has 0 heterocycles. The Morgan fingerprint density at radius 1 is 1.14 bits per heavy atom. The smallest absolute Gasteiger partial charge is 0.246 e. The van der Waals surface area contributed by atoms with Crippen molar-refractivity contribution >= 4 is 5.91 Å². The molecule has 0 aromatic rings. The second-order valence-electron chi connectivity index (χ2n) is 7.61.